The summed E-state index contributed by atoms with van der Waals surface area (Å²) in [4.78, 5) is 15.5. The molecule has 0 bridgehead atoms. The van der Waals surface area contributed by atoms with Crippen molar-refractivity contribution < 1.29 is 9.21 Å². The lowest BCUT2D eigenvalue weighted by Gasteiger charge is -2.00. The van der Waals surface area contributed by atoms with Gasteiger partial charge in [0.1, 0.15) is 0 Å². The van der Waals surface area contributed by atoms with Crippen molar-refractivity contribution in [1.82, 2.24) is 10.3 Å². The summed E-state index contributed by atoms with van der Waals surface area (Å²) in [7, 11) is 0. The number of furan rings is 1. The lowest BCUT2D eigenvalue weighted by atomic mass is 10.3. The average Bonchev–Trinajstić information content (AvgIpc) is 2.90. The highest BCUT2D eigenvalue weighted by atomic mass is 32.1. The third kappa shape index (κ3) is 2.66. The van der Waals surface area contributed by atoms with Gasteiger partial charge in [-0.25, -0.2) is 4.98 Å². The van der Waals surface area contributed by atoms with Crippen LogP contribution in [-0.2, 0) is 6.42 Å². The summed E-state index contributed by atoms with van der Waals surface area (Å²) in [5.74, 6) is 0.156. The first kappa shape index (κ1) is 9.92. The Bertz CT molecular complexity index is 409. The fraction of sp³-hybridized carbons (Fsp3) is 0.200. The molecule has 2 aromatic heterocycles. The maximum atomic E-state index is 11.4. The Hall–Kier alpha value is -1.62. The second-order valence-corrected chi connectivity index (χ2v) is 3.68. The summed E-state index contributed by atoms with van der Waals surface area (Å²) in [5.41, 5.74) is 2.78. The molecular weight excluding hydrogens is 212 g/mol. The molecule has 78 valence electrons. The van der Waals surface area contributed by atoms with Gasteiger partial charge < -0.3 is 9.73 Å². The Balaban J connectivity index is 1.77. The van der Waals surface area contributed by atoms with Crippen LogP contribution < -0.4 is 5.32 Å². The molecule has 0 aliphatic carbocycles. The Morgan fingerprint density at radius 2 is 2.53 bits per heavy atom. The smallest absolute Gasteiger partial charge is 0.286 e. The molecule has 0 spiro atoms. The van der Waals surface area contributed by atoms with Crippen LogP contribution in [0.25, 0.3) is 0 Å². The van der Waals surface area contributed by atoms with E-state index in [4.69, 9.17) is 4.42 Å². The quantitative estimate of drug-likeness (QED) is 0.856. The van der Waals surface area contributed by atoms with Crippen molar-refractivity contribution in [3.05, 3.63) is 40.7 Å². The van der Waals surface area contributed by atoms with Gasteiger partial charge in [0.05, 0.1) is 17.5 Å². The summed E-state index contributed by atoms with van der Waals surface area (Å²) in [5, 5.41) is 4.73. The number of hydrogen-bond donors (Lipinski definition) is 1. The Morgan fingerprint density at radius 3 is 3.20 bits per heavy atom. The van der Waals surface area contributed by atoms with Crippen molar-refractivity contribution in [3.8, 4) is 0 Å². The molecule has 4 nitrogen and oxygen atoms in total. The third-order valence-corrected chi connectivity index (χ3v) is 2.53. The monoisotopic (exact) mass is 222 g/mol. The molecular formula is C10H10N2O2S. The second-order valence-electron chi connectivity index (χ2n) is 2.96. The Labute approximate surface area is 90.9 Å². The van der Waals surface area contributed by atoms with Crippen molar-refractivity contribution in [2.24, 2.45) is 0 Å². The van der Waals surface area contributed by atoms with Gasteiger partial charge in [-0.2, -0.15) is 0 Å². The van der Waals surface area contributed by atoms with Gasteiger partial charge in [-0.15, -0.1) is 11.3 Å². The minimum Gasteiger partial charge on any atom is -0.459 e. The van der Waals surface area contributed by atoms with Crippen molar-refractivity contribution in [2.45, 2.75) is 6.42 Å². The number of carbonyl (C=O) groups excluding carboxylic acids is 1. The minimum absolute atomic E-state index is 0.185. The number of aromatic nitrogens is 1. The largest absolute Gasteiger partial charge is 0.459 e. The number of nitrogens with zero attached hydrogens (tertiary/aromatic N) is 1. The van der Waals surface area contributed by atoms with Crippen LogP contribution >= 0.6 is 11.3 Å². The molecule has 0 aromatic carbocycles. The Kier molecular flexibility index (Phi) is 3.14. The van der Waals surface area contributed by atoms with Crippen molar-refractivity contribution in [3.63, 3.8) is 0 Å². The minimum atomic E-state index is -0.185. The summed E-state index contributed by atoms with van der Waals surface area (Å²) in [6.07, 6.45) is 2.23. The van der Waals surface area contributed by atoms with Crippen molar-refractivity contribution >= 4 is 17.2 Å². The van der Waals surface area contributed by atoms with E-state index in [0.717, 1.165) is 12.1 Å². The zero-order valence-corrected chi connectivity index (χ0v) is 8.79. The topological polar surface area (TPSA) is 55.1 Å². The summed E-state index contributed by atoms with van der Waals surface area (Å²) < 4.78 is 4.96. The SMILES string of the molecule is O=C(NCCc1cscn1)c1ccco1. The second kappa shape index (κ2) is 4.75. The van der Waals surface area contributed by atoms with E-state index in [1.807, 2.05) is 5.38 Å². The maximum absolute atomic E-state index is 11.4. The van der Waals surface area contributed by atoms with Gasteiger partial charge >= 0.3 is 0 Å². The molecule has 0 atom stereocenters. The average molecular weight is 222 g/mol. The molecule has 0 saturated carbocycles. The zero-order chi connectivity index (χ0) is 10.5. The van der Waals surface area contributed by atoms with Gasteiger partial charge in [-0.05, 0) is 12.1 Å². The van der Waals surface area contributed by atoms with Crippen LogP contribution in [-0.4, -0.2) is 17.4 Å². The van der Waals surface area contributed by atoms with Crippen molar-refractivity contribution in [2.75, 3.05) is 6.54 Å². The number of nitrogens with one attached hydrogen (secondary N) is 1. The van der Waals surface area contributed by atoms with E-state index >= 15 is 0 Å². The van der Waals surface area contributed by atoms with E-state index < -0.39 is 0 Å². The molecule has 2 heterocycles. The fourth-order valence-corrected chi connectivity index (χ4v) is 1.75. The van der Waals surface area contributed by atoms with Crippen LogP contribution in [0.15, 0.2) is 33.7 Å². The first-order chi connectivity index (χ1) is 7.36. The molecule has 2 aromatic rings. The molecule has 0 saturated heterocycles. The number of carbonyl (C=O) groups is 1. The number of hydrogen-bond acceptors (Lipinski definition) is 4. The van der Waals surface area contributed by atoms with E-state index in [-0.39, 0.29) is 5.91 Å². The van der Waals surface area contributed by atoms with E-state index in [1.54, 1.807) is 29.0 Å². The predicted octanol–water partition coefficient (Wildman–Crippen LogP) is 1.71. The number of thiazole rings is 1. The molecule has 0 fully saturated rings. The third-order valence-electron chi connectivity index (χ3n) is 1.90. The molecule has 0 radical (unpaired) electrons. The van der Waals surface area contributed by atoms with Crippen LogP contribution in [0.2, 0.25) is 0 Å². The number of amides is 1. The van der Waals surface area contributed by atoms with Crippen molar-refractivity contribution in [1.29, 1.82) is 0 Å². The molecule has 0 unspecified atom stereocenters. The lowest BCUT2D eigenvalue weighted by molar-refractivity contribution is 0.0926. The zero-order valence-electron chi connectivity index (χ0n) is 7.97. The van der Waals surface area contributed by atoms with Gasteiger partial charge in [-0.3, -0.25) is 4.79 Å². The molecule has 5 heteroatoms. The molecule has 0 aliphatic heterocycles. The van der Waals surface area contributed by atoms with Gasteiger partial charge in [0.25, 0.3) is 5.91 Å². The van der Waals surface area contributed by atoms with Gasteiger partial charge in [0.2, 0.25) is 0 Å². The molecule has 1 N–H and O–H groups in total. The molecule has 0 aliphatic rings. The molecule has 1 amide bonds. The van der Waals surface area contributed by atoms with Crippen LogP contribution in [0.4, 0.5) is 0 Å². The van der Waals surface area contributed by atoms with Crippen LogP contribution in [0, 0.1) is 0 Å². The first-order valence-electron chi connectivity index (χ1n) is 4.55. The highest BCUT2D eigenvalue weighted by Crippen LogP contribution is 2.02. The lowest BCUT2D eigenvalue weighted by Crippen LogP contribution is -2.25. The van der Waals surface area contributed by atoms with Crippen LogP contribution in [0.5, 0.6) is 0 Å². The van der Waals surface area contributed by atoms with Crippen LogP contribution in [0.1, 0.15) is 16.2 Å². The van der Waals surface area contributed by atoms with Gasteiger partial charge in [0.15, 0.2) is 5.76 Å². The molecule has 2 rings (SSSR count). The maximum Gasteiger partial charge on any atom is 0.286 e. The standard InChI is InChI=1S/C10H10N2O2S/c13-10(9-2-1-5-14-9)11-4-3-8-6-15-7-12-8/h1-2,5-7H,3-4H2,(H,11,13). The highest BCUT2D eigenvalue weighted by Gasteiger charge is 2.06. The first-order valence-corrected chi connectivity index (χ1v) is 5.49. The van der Waals surface area contributed by atoms with E-state index in [2.05, 4.69) is 10.3 Å². The highest BCUT2D eigenvalue weighted by molar-refractivity contribution is 7.07. The van der Waals surface area contributed by atoms with E-state index in [1.165, 1.54) is 6.26 Å². The van der Waals surface area contributed by atoms with E-state index in [0.29, 0.717) is 12.3 Å². The summed E-state index contributed by atoms with van der Waals surface area (Å²) in [6.45, 7) is 0.573. The number of rotatable bonds is 4. The van der Waals surface area contributed by atoms with Gasteiger partial charge in [0, 0.05) is 18.3 Å². The summed E-state index contributed by atoms with van der Waals surface area (Å²) >= 11 is 1.55. The summed E-state index contributed by atoms with van der Waals surface area (Å²) in [6, 6.07) is 3.33. The molecule has 15 heavy (non-hydrogen) atoms. The normalized spacial score (nSPS) is 10.1. The van der Waals surface area contributed by atoms with Gasteiger partial charge in [-0.1, -0.05) is 0 Å². The van der Waals surface area contributed by atoms with Crippen LogP contribution in [0.3, 0.4) is 0 Å². The van der Waals surface area contributed by atoms with E-state index in [9.17, 15) is 4.79 Å². The predicted molar refractivity (Wildman–Crippen MR) is 56.9 cm³/mol. The fourth-order valence-electron chi connectivity index (χ4n) is 1.16. The Morgan fingerprint density at radius 1 is 1.60 bits per heavy atom.